The molecule has 0 atom stereocenters. The number of aliphatic imine (C=N–C) groups is 1. The molecular formula is C17H21ClIN3O3. The van der Waals surface area contributed by atoms with Crippen molar-refractivity contribution >= 4 is 47.2 Å². The summed E-state index contributed by atoms with van der Waals surface area (Å²) in [5, 5.41) is 3.48. The number of rotatable bonds is 6. The Labute approximate surface area is 169 Å². The van der Waals surface area contributed by atoms with Gasteiger partial charge in [0.2, 0.25) is 0 Å². The molecule has 0 saturated heterocycles. The van der Waals surface area contributed by atoms with E-state index >= 15 is 0 Å². The zero-order valence-electron chi connectivity index (χ0n) is 14.2. The molecule has 0 heterocycles. The number of methoxy groups -OCH3 is 3. The van der Waals surface area contributed by atoms with Gasteiger partial charge in [-0.3, -0.25) is 0 Å². The van der Waals surface area contributed by atoms with Gasteiger partial charge in [0.25, 0.3) is 0 Å². The quantitative estimate of drug-likeness (QED) is 0.375. The highest BCUT2D eigenvalue weighted by atomic mass is 127. The van der Waals surface area contributed by atoms with Gasteiger partial charge in [-0.1, -0.05) is 23.7 Å². The van der Waals surface area contributed by atoms with Crippen molar-refractivity contribution in [2.24, 2.45) is 10.7 Å². The van der Waals surface area contributed by atoms with E-state index in [1.165, 1.54) is 0 Å². The van der Waals surface area contributed by atoms with Crippen molar-refractivity contribution in [2.75, 3.05) is 26.6 Å². The Morgan fingerprint density at radius 1 is 1.08 bits per heavy atom. The maximum atomic E-state index is 6.08. The average Bonchev–Trinajstić information content (AvgIpc) is 2.59. The van der Waals surface area contributed by atoms with E-state index in [9.17, 15) is 0 Å². The molecule has 136 valence electrons. The largest absolute Gasteiger partial charge is 0.495 e. The highest BCUT2D eigenvalue weighted by Gasteiger charge is 2.09. The fourth-order valence-corrected chi connectivity index (χ4v) is 2.44. The predicted molar refractivity (Wildman–Crippen MR) is 112 cm³/mol. The number of anilines is 1. The molecule has 2 aromatic rings. The monoisotopic (exact) mass is 477 g/mol. The minimum Gasteiger partial charge on any atom is -0.495 e. The van der Waals surface area contributed by atoms with E-state index in [0.29, 0.717) is 28.8 Å². The molecule has 0 fully saturated rings. The summed E-state index contributed by atoms with van der Waals surface area (Å²) in [4.78, 5) is 4.32. The number of benzene rings is 2. The number of ether oxygens (including phenoxy) is 3. The maximum Gasteiger partial charge on any atom is 0.193 e. The molecule has 2 rings (SSSR count). The normalized spacial score (nSPS) is 10.6. The molecule has 0 saturated carbocycles. The maximum absolute atomic E-state index is 6.08. The summed E-state index contributed by atoms with van der Waals surface area (Å²) in [6, 6.07) is 10.9. The van der Waals surface area contributed by atoms with Gasteiger partial charge >= 0.3 is 0 Å². The number of halogens is 2. The lowest BCUT2D eigenvalue weighted by Gasteiger charge is -2.12. The van der Waals surface area contributed by atoms with Crippen LogP contribution in [0, 0.1) is 0 Å². The van der Waals surface area contributed by atoms with E-state index in [1.807, 2.05) is 18.2 Å². The standard InChI is InChI=1S/C17H20ClN3O3.HI/c1-22-14-8-7-12(9-13(14)18)21-17(19)20-10-11-5-4-6-15(23-2)16(11)24-3;/h4-9H,10H2,1-3H3,(H3,19,20,21);1H. The van der Waals surface area contributed by atoms with Crippen molar-refractivity contribution in [1.82, 2.24) is 0 Å². The summed E-state index contributed by atoms with van der Waals surface area (Å²) >= 11 is 6.08. The summed E-state index contributed by atoms with van der Waals surface area (Å²) in [5.74, 6) is 2.16. The number of para-hydroxylation sites is 1. The topological polar surface area (TPSA) is 78.1 Å². The molecule has 0 aliphatic rings. The van der Waals surface area contributed by atoms with Crippen molar-refractivity contribution in [3.8, 4) is 17.2 Å². The van der Waals surface area contributed by atoms with Crippen LogP contribution in [0.2, 0.25) is 5.02 Å². The van der Waals surface area contributed by atoms with Crippen molar-refractivity contribution < 1.29 is 14.2 Å². The van der Waals surface area contributed by atoms with E-state index in [4.69, 9.17) is 31.5 Å². The second kappa shape index (κ2) is 10.2. The minimum atomic E-state index is 0. The van der Waals surface area contributed by atoms with Crippen LogP contribution >= 0.6 is 35.6 Å². The molecule has 0 amide bonds. The molecule has 0 aromatic heterocycles. The first kappa shape index (κ1) is 21.2. The van der Waals surface area contributed by atoms with Gasteiger partial charge in [-0.25, -0.2) is 4.99 Å². The van der Waals surface area contributed by atoms with E-state index in [2.05, 4.69) is 10.3 Å². The molecule has 2 aromatic carbocycles. The molecule has 0 unspecified atom stereocenters. The Morgan fingerprint density at radius 3 is 2.40 bits per heavy atom. The van der Waals surface area contributed by atoms with Gasteiger partial charge in [-0.05, 0) is 24.3 Å². The summed E-state index contributed by atoms with van der Waals surface area (Å²) < 4.78 is 15.8. The lowest BCUT2D eigenvalue weighted by atomic mass is 10.2. The van der Waals surface area contributed by atoms with Crippen LogP contribution in [0.1, 0.15) is 5.56 Å². The number of guanidine groups is 1. The number of nitrogens with one attached hydrogen (secondary N) is 1. The number of nitrogens with two attached hydrogens (primary N) is 1. The molecule has 3 N–H and O–H groups in total. The van der Waals surface area contributed by atoms with E-state index < -0.39 is 0 Å². The molecule has 0 radical (unpaired) electrons. The highest BCUT2D eigenvalue weighted by molar-refractivity contribution is 14.0. The Balaban J connectivity index is 0.00000312. The lowest BCUT2D eigenvalue weighted by molar-refractivity contribution is 0.352. The first-order valence-corrected chi connectivity index (χ1v) is 7.57. The van der Waals surface area contributed by atoms with Crippen molar-refractivity contribution in [3.63, 3.8) is 0 Å². The minimum absolute atomic E-state index is 0. The van der Waals surface area contributed by atoms with Crippen LogP contribution < -0.4 is 25.3 Å². The van der Waals surface area contributed by atoms with Gasteiger partial charge in [-0.15, -0.1) is 24.0 Å². The lowest BCUT2D eigenvalue weighted by Crippen LogP contribution is -2.22. The number of hydrogen-bond donors (Lipinski definition) is 2. The van der Waals surface area contributed by atoms with Crippen LogP contribution in [0.3, 0.4) is 0 Å². The third-order valence-corrected chi connectivity index (χ3v) is 3.62. The Kier molecular flexibility index (Phi) is 8.64. The van der Waals surface area contributed by atoms with Crippen LogP contribution in [0.4, 0.5) is 5.69 Å². The average molecular weight is 478 g/mol. The predicted octanol–water partition coefficient (Wildman–Crippen LogP) is 3.91. The zero-order chi connectivity index (χ0) is 17.5. The van der Waals surface area contributed by atoms with Crippen LogP contribution in [0.5, 0.6) is 17.2 Å². The van der Waals surface area contributed by atoms with Crippen LogP contribution in [0.25, 0.3) is 0 Å². The van der Waals surface area contributed by atoms with E-state index in [1.54, 1.807) is 39.5 Å². The summed E-state index contributed by atoms with van der Waals surface area (Å²) in [6.07, 6.45) is 0. The highest BCUT2D eigenvalue weighted by Crippen LogP contribution is 2.31. The second-order valence-corrected chi connectivity index (χ2v) is 5.24. The van der Waals surface area contributed by atoms with Crippen LogP contribution in [0.15, 0.2) is 41.4 Å². The Morgan fingerprint density at radius 2 is 1.80 bits per heavy atom. The number of nitrogens with zero attached hydrogens (tertiary/aromatic N) is 1. The van der Waals surface area contributed by atoms with Crippen molar-refractivity contribution in [2.45, 2.75) is 6.54 Å². The molecule has 25 heavy (non-hydrogen) atoms. The fraction of sp³-hybridized carbons (Fsp3) is 0.235. The molecular weight excluding hydrogens is 457 g/mol. The van der Waals surface area contributed by atoms with Gasteiger partial charge in [0.05, 0.1) is 32.9 Å². The Bertz CT molecular complexity index is 741. The van der Waals surface area contributed by atoms with Crippen molar-refractivity contribution in [3.05, 3.63) is 47.0 Å². The van der Waals surface area contributed by atoms with Gasteiger partial charge in [0.15, 0.2) is 17.5 Å². The molecule has 0 bridgehead atoms. The summed E-state index contributed by atoms with van der Waals surface area (Å²) in [5.41, 5.74) is 7.52. The first-order chi connectivity index (χ1) is 11.6. The van der Waals surface area contributed by atoms with Gasteiger partial charge in [0, 0.05) is 11.3 Å². The first-order valence-electron chi connectivity index (χ1n) is 7.19. The van der Waals surface area contributed by atoms with Crippen LogP contribution in [-0.4, -0.2) is 27.3 Å². The SMILES string of the molecule is COc1ccc(NC(N)=NCc2cccc(OC)c2OC)cc1Cl.I. The van der Waals surface area contributed by atoms with E-state index in [0.717, 1.165) is 11.3 Å². The second-order valence-electron chi connectivity index (χ2n) is 4.83. The van der Waals surface area contributed by atoms with Gasteiger partial charge in [-0.2, -0.15) is 0 Å². The van der Waals surface area contributed by atoms with Gasteiger partial charge in [0.1, 0.15) is 5.75 Å². The summed E-state index contributed by atoms with van der Waals surface area (Å²) in [6.45, 7) is 0.350. The third-order valence-electron chi connectivity index (χ3n) is 3.33. The van der Waals surface area contributed by atoms with Crippen molar-refractivity contribution in [1.29, 1.82) is 0 Å². The molecule has 0 aliphatic heterocycles. The van der Waals surface area contributed by atoms with Gasteiger partial charge < -0.3 is 25.3 Å². The Hall–Kier alpha value is -1.87. The van der Waals surface area contributed by atoms with Crippen LogP contribution in [-0.2, 0) is 6.54 Å². The molecule has 0 spiro atoms. The third kappa shape index (κ3) is 5.57. The fourth-order valence-electron chi connectivity index (χ4n) is 2.18. The molecule has 6 nitrogen and oxygen atoms in total. The zero-order valence-corrected chi connectivity index (χ0v) is 17.3. The number of hydrogen-bond acceptors (Lipinski definition) is 4. The smallest absolute Gasteiger partial charge is 0.193 e. The molecule has 8 heteroatoms. The molecule has 0 aliphatic carbocycles. The summed E-state index contributed by atoms with van der Waals surface area (Å²) in [7, 11) is 4.74. The van der Waals surface area contributed by atoms with E-state index in [-0.39, 0.29) is 29.9 Å².